The maximum absolute atomic E-state index is 10.5. The summed E-state index contributed by atoms with van der Waals surface area (Å²) in [4.78, 5) is -0.0666. The van der Waals surface area contributed by atoms with Gasteiger partial charge in [-0.1, -0.05) is 42.0 Å². The molecule has 1 aliphatic heterocycles. The average Bonchev–Trinajstić information content (AvgIpc) is 2.62. The van der Waals surface area contributed by atoms with Gasteiger partial charge in [-0.25, -0.2) is 0 Å². The van der Waals surface area contributed by atoms with Crippen molar-refractivity contribution in [3.8, 4) is 0 Å². The second-order valence-corrected chi connectivity index (χ2v) is 8.12. The van der Waals surface area contributed by atoms with Gasteiger partial charge in [0.25, 0.3) is 10.1 Å². The first kappa shape index (κ1) is 18.6. The third-order valence-electron chi connectivity index (χ3n) is 4.73. The highest BCUT2D eigenvalue weighted by atomic mass is 32.2. The molecule has 1 heterocycles. The van der Waals surface area contributed by atoms with Gasteiger partial charge in [0.2, 0.25) is 0 Å². The lowest BCUT2D eigenvalue weighted by Crippen LogP contribution is -2.45. The van der Waals surface area contributed by atoms with Crippen LogP contribution >= 0.6 is 0 Å². The molecule has 1 aliphatic carbocycles. The smallest absolute Gasteiger partial charge is 0.294 e. The molecule has 5 nitrogen and oxygen atoms in total. The number of hydrogen-bond donors (Lipinski definition) is 3. The Morgan fingerprint density at radius 1 is 1.04 bits per heavy atom. The van der Waals surface area contributed by atoms with E-state index in [1.807, 2.05) is 6.92 Å². The van der Waals surface area contributed by atoms with Crippen LogP contribution in [-0.4, -0.2) is 30.2 Å². The van der Waals surface area contributed by atoms with E-state index in [9.17, 15) is 13.5 Å². The molecule has 2 atom stereocenters. The Morgan fingerprint density at radius 2 is 1.73 bits per heavy atom. The monoisotopic (exact) mass is 373 g/mol. The predicted octanol–water partition coefficient (Wildman–Crippen LogP) is 1.33. The van der Waals surface area contributed by atoms with E-state index in [1.54, 1.807) is 12.1 Å². The van der Waals surface area contributed by atoms with E-state index in [2.05, 4.69) is 35.8 Å². The summed E-state index contributed by atoms with van der Waals surface area (Å²) in [6.45, 7) is 1.84. The second-order valence-electron chi connectivity index (χ2n) is 6.70. The number of hydrogen-bond acceptors (Lipinski definition) is 4. The summed E-state index contributed by atoms with van der Waals surface area (Å²) in [7, 11) is -4.02. The number of aliphatic hydroxyl groups excluding tert-OH is 1. The van der Waals surface area contributed by atoms with Crippen LogP contribution in [0.15, 0.2) is 53.4 Å². The summed E-state index contributed by atoms with van der Waals surface area (Å²) in [6, 6.07) is 14.8. The van der Waals surface area contributed by atoms with Crippen molar-refractivity contribution in [2.45, 2.75) is 43.2 Å². The van der Waals surface area contributed by atoms with Crippen LogP contribution in [0.5, 0.6) is 0 Å². The van der Waals surface area contributed by atoms with Crippen LogP contribution < -0.4 is 15.8 Å². The molecule has 1 fully saturated rings. The molecule has 4 rings (SSSR count). The number of aryl methyl sites for hydroxylation is 1. The molecule has 0 amide bonds. The van der Waals surface area contributed by atoms with Crippen molar-refractivity contribution >= 4 is 21.9 Å². The van der Waals surface area contributed by atoms with Crippen molar-refractivity contribution in [2.24, 2.45) is 0 Å². The Balaban J connectivity index is 0.000000160. The maximum Gasteiger partial charge on any atom is 0.294 e. The lowest BCUT2D eigenvalue weighted by Gasteiger charge is -2.31. The molecule has 26 heavy (non-hydrogen) atoms. The first-order valence-corrected chi connectivity index (χ1v) is 10.1. The molecule has 0 saturated heterocycles. The zero-order valence-corrected chi connectivity index (χ0v) is 15.4. The molecule has 0 aromatic heterocycles. The third kappa shape index (κ3) is 4.33. The molecule has 2 aromatic rings. The van der Waals surface area contributed by atoms with Gasteiger partial charge in [0.1, 0.15) is 0 Å². The van der Waals surface area contributed by atoms with Crippen LogP contribution in [0.3, 0.4) is 0 Å². The van der Waals surface area contributed by atoms with Gasteiger partial charge in [-0.15, -0.1) is 0 Å². The van der Waals surface area contributed by atoms with Crippen LogP contribution in [0.25, 0.3) is 11.8 Å². The van der Waals surface area contributed by atoms with E-state index in [0.29, 0.717) is 6.04 Å². The summed E-state index contributed by atoms with van der Waals surface area (Å²) in [5, 5.41) is 15.7. The predicted molar refractivity (Wildman–Crippen MR) is 101 cm³/mol. The van der Waals surface area contributed by atoms with Gasteiger partial charge in [0.05, 0.1) is 11.0 Å². The van der Waals surface area contributed by atoms with E-state index in [1.165, 1.54) is 28.1 Å². The summed E-state index contributed by atoms with van der Waals surface area (Å²) >= 11 is 0. The van der Waals surface area contributed by atoms with E-state index in [4.69, 9.17) is 4.55 Å². The van der Waals surface area contributed by atoms with Gasteiger partial charge in [-0.05, 0) is 54.3 Å². The Labute approximate surface area is 153 Å². The topological polar surface area (TPSA) is 86.6 Å². The quantitative estimate of drug-likeness (QED) is 0.657. The Bertz CT molecular complexity index is 997. The molecule has 2 aromatic carbocycles. The van der Waals surface area contributed by atoms with Crippen molar-refractivity contribution in [2.75, 3.05) is 0 Å². The minimum atomic E-state index is -4.02. The fraction of sp³-hybridized carbons (Fsp3) is 0.300. The van der Waals surface area contributed by atoms with Crippen molar-refractivity contribution in [1.29, 1.82) is 0 Å². The van der Waals surface area contributed by atoms with Crippen molar-refractivity contribution in [3.63, 3.8) is 0 Å². The number of rotatable bonds is 1. The van der Waals surface area contributed by atoms with Crippen molar-refractivity contribution < 1.29 is 18.1 Å². The fourth-order valence-electron chi connectivity index (χ4n) is 3.33. The zero-order valence-electron chi connectivity index (χ0n) is 14.6. The second kappa shape index (κ2) is 7.61. The summed E-state index contributed by atoms with van der Waals surface area (Å²) in [5.74, 6) is 0. The molecule has 2 aliphatic rings. The highest BCUT2D eigenvalue weighted by molar-refractivity contribution is 7.85. The average molecular weight is 373 g/mol. The van der Waals surface area contributed by atoms with E-state index < -0.39 is 10.1 Å². The van der Waals surface area contributed by atoms with Crippen LogP contribution in [0, 0.1) is 6.92 Å². The lowest BCUT2D eigenvalue weighted by atomic mass is 9.85. The first-order valence-electron chi connectivity index (χ1n) is 8.61. The third-order valence-corrected chi connectivity index (χ3v) is 5.60. The summed E-state index contributed by atoms with van der Waals surface area (Å²) in [6.07, 6.45) is 4.73. The lowest BCUT2D eigenvalue weighted by molar-refractivity contribution is 0.152. The SMILES string of the molecule is Cc1ccc(S(=O)(=O)O)cc1.OC1CCC2NC=c3ccccc3=C2C1. The minimum Gasteiger partial charge on any atom is -0.393 e. The van der Waals surface area contributed by atoms with E-state index in [0.717, 1.165) is 24.8 Å². The van der Waals surface area contributed by atoms with Crippen LogP contribution in [0.2, 0.25) is 0 Å². The Hall–Kier alpha value is -2.15. The largest absolute Gasteiger partial charge is 0.393 e. The Morgan fingerprint density at radius 3 is 2.42 bits per heavy atom. The van der Waals surface area contributed by atoms with E-state index >= 15 is 0 Å². The van der Waals surface area contributed by atoms with Crippen molar-refractivity contribution in [3.05, 3.63) is 64.5 Å². The molecule has 2 unspecified atom stereocenters. The molecule has 3 N–H and O–H groups in total. The van der Waals surface area contributed by atoms with Gasteiger partial charge in [-0.3, -0.25) is 4.55 Å². The molecule has 0 radical (unpaired) electrons. The van der Waals surface area contributed by atoms with Gasteiger partial charge in [-0.2, -0.15) is 8.42 Å². The van der Waals surface area contributed by atoms with Crippen molar-refractivity contribution in [1.82, 2.24) is 5.32 Å². The number of benzene rings is 2. The number of nitrogens with one attached hydrogen (secondary N) is 1. The van der Waals surface area contributed by atoms with Gasteiger partial charge in [0, 0.05) is 12.2 Å². The van der Waals surface area contributed by atoms with Gasteiger partial charge in [0.15, 0.2) is 0 Å². The standard InChI is InChI=1S/C13H15NO.C7H8O3S/c15-10-5-6-13-12(7-10)11-4-2-1-3-9(11)8-14-13;1-6-2-4-7(5-3-6)11(8,9)10/h1-4,8,10,13-15H,5-7H2;2-5H,1H3,(H,8,9,10). The molecule has 0 spiro atoms. The van der Waals surface area contributed by atoms with Crippen LogP contribution in [0.1, 0.15) is 24.8 Å². The maximum atomic E-state index is 10.5. The summed E-state index contributed by atoms with van der Waals surface area (Å²) < 4.78 is 29.6. The highest BCUT2D eigenvalue weighted by Crippen LogP contribution is 2.24. The van der Waals surface area contributed by atoms with Crippen LogP contribution in [0.4, 0.5) is 0 Å². The minimum absolute atomic E-state index is 0.0666. The first-order chi connectivity index (χ1) is 12.3. The Kier molecular flexibility index (Phi) is 5.46. The highest BCUT2D eigenvalue weighted by Gasteiger charge is 2.25. The number of fused-ring (bicyclic) bond motifs is 2. The fourth-order valence-corrected chi connectivity index (χ4v) is 3.81. The van der Waals surface area contributed by atoms with Crippen LogP contribution in [-0.2, 0) is 10.1 Å². The molecule has 138 valence electrons. The zero-order chi connectivity index (χ0) is 18.7. The normalized spacial score (nSPS) is 21.3. The molecule has 0 bridgehead atoms. The van der Waals surface area contributed by atoms with Gasteiger partial charge >= 0.3 is 0 Å². The molecule has 1 saturated carbocycles. The number of aliphatic hydroxyl groups is 1. The molecular weight excluding hydrogens is 350 g/mol. The van der Waals surface area contributed by atoms with E-state index in [-0.39, 0.29) is 11.0 Å². The molecular formula is C20H23NO4S. The van der Waals surface area contributed by atoms with Gasteiger partial charge < -0.3 is 10.4 Å². The summed E-state index contributed by atoms with van der Waals surface area (Å²) in [5.41, 5.74) is 2.34. The molecule has 6 heteroatoms.